The van der Waals surface area contributed by atoms with Crippen LogP contribution < -0.4 is 10.6 Å². The Kier molecular flexibility index (Phi) is 7.19. The SMILES string of the molecule is C[C@@](O)(c1ccccc1)[C@@H]1CC2CCCCC2N1.OC1([C@@H]2CC3CCCCC3N2)CCCC1. The summed E-state index contributed by atoms with van der Waals surface area (Å²) in [6, 6.07) is 12.1. The van der Waals surface area contributed by atoms with Crippen LogP contribution in [0.25, 0.3) is 0 Å². The van der Waals surface area contributed by atoms with Gasteiger partial charge in [0.1, 0.15) is 5.60 Å². The highest BCUT2D eigenvalue weighted by Crippen LogP contribution is 2.42. The first-order valence-corrected chi connectivity index (χ1v) is 14.0. The van der Waals surface area contributed by atoms with Gasteiger partial charge in [0, 0.05) is 24.2 Å². The van der Waals surface area contributed by atoms with Gasteiger partial charge in [-0.25, -0.2) is 0 Å². The Hall–Kier alpha value is -0.940. The van der Waals surface area contributed by atoms with Crippen molar-refractivity contribution in [1.29, 1.82) is 0 Å². The fourth-order valence-corrected chi connectivity index (χ4v) is 7.76. The van der Waals surface area contributed by atoms with Gasteiger partial charge >= 0.3 is 0 Å². The molecule has 4 unspecified atom stereocenters. The van der Waals surface area contributed by atoms with Gasteiger partial charge in [-0.2, -0.15) is 0 Å². The third-order valence-electron chi connectivity index (χ3n) is 9.88. The van der Waals surface area contributed by atoms with Gasteiger partial charge in [0.2, 0.25) is 0 Å². The highest BCUT2D eigenvalue weighted by molar-refractivity contribution is 5.24. The summed E-state index contributed by atoms with van der Waals surface area (Å²) in [7, 11) is 0. The van der Waals surface area contributed by atoms with Crippen molar-refractivity contribution < 1.29 is 10.2 Å². The Balaban J connectivity index is 0.000000140. The summed E-state index contributed by atoms with van der Waals surface area (Å²) < 4.78 is 0. The molecular formula is C29H46N2O2. The fourth-order valence-electron chi connectivity index (χ4n) is 7.76. The molecule has 0 radical (unpaired) electrons. The Labute approximate surface area is 200 Å². The van der Waals surface area contributed by atoms with E-state index in [-0.39, 0.29) is 11.6 Å². The molecular weight excluding hydrogens is 408 g/mol. The van der Waals surface area contributed by atoms with E-state index in [0.29, 0.717) is 12.1 Å². The molecule has 184 valence electrons. The van der Waals surface area contributed by atoms with Crippen molar-refractivity contribution in [2.24, 2.45) is 11.8 Å². The van der Waals surface area contributed by atoms with Crippen LogP contribution in [0.1, 0.15) is 102 Å². The van der Waals surface area contributed by atoms with Gasteiger partial charge in [0.25, 0.3) is 0 Å². The normalized spacial score (nSPS) is 39.1. The van der Waals surface area contributed by atoms with Crippen LogP contribution in [0, 0.1) is 11.8 Å². The topological polar surface area (TPSA) is 64.5 Å². The minimum atomic E-state index is -0.751. The number of hydrogen-bond donors (Lipinski definition) is 4. The molecule has 3 saturated carbocycles. The molecule has 3 aliphatic carbocycles. The smallest absolute Gasteiger partial charge is 0.102 e. The standard InChI is InChI=1S/C16H23NO.C13H23NO/c1-16(18,13-8-3-2-4-9-13)15-11-12-7-5-6-10-14(12)17-15;15-13(7-3-4-8-13)12-9-10-5-1-2-6-11(10)14-12/h2-4,8-9,12,14-15,17-18H,5-7,10-11H2,1H3;10-12,14-15H,1-9H2/t12?,14?,15-,16+;10?,11?,12-/m00/s1. The fraction of sp³-hybridized carbons (Fsp3) is 0.793. The highest BCUT2D eigenvalue weighted by Gasteiger charge is 2.47. The molecule has 0 aromatic heterocycles. The first kappa shape index (κ1) is 23.8. The van der Waals surface area contributed by atoms with Crippen molar-refractivity contribution in [2.45, 2.75) is 132 Å². The second-order valence-electron chi connectivity index (χ2n) is 12.0. The van der Waals surface area contributed by atoms with Crippen molar-refractivity contribution in [3.05, 3.63) is 35.9 Å². The molecule has 5 fully saturated rings. The van der Waals surface area contributed by atoms with E-state index in [1.807, 2.05) is 37.3 Å². The van der Waals surface area contributed by atoms with Crippen molar-refractivity contribution >= 4 is 0 Å². The second kappa shape index (κ2) is 9.97. The maximum Gasteiger partial charge on any atom is 0.102 e. The van der Waals surface area contributed by atoms with E-state index in [9.17, 15) is 10.2 Å². The number of benzene rings is 1. The highest BCUT2D eigenvalue weighted by atomic mass is 16.3. The molecule has 0 bridgehead atoms. The summed E-state index contributed by atoms with van der Waals surface area (Å²) in [5.74, 6) is 1.65. The zero-order valence-corrected chi connectivity index (χ0v) is 20.6. The maximum atomic E-state index is 10.9. The van der Waals surface area contributed by atoms with E-state index in [1.165, 1.54) is 70.6 Å². The van der Waals surface area contributed by atoms with Crippen LogP contribution in [0.4, 0.5) is 0 Å². The van der Waals surface area contributed by atoms with Gasteiger partial charge in [-0.05, 0) is 75.7 Å². The lowest BCUT2D eigenvalue weighted by Crippen LogP contribution is -2.47. The first-order chi connectivity index (χ1) is 16.0. The Morgan fingerprint density at radius 1 is 0.788 bits per heavy atom. The number of fused-ring (bicyclic) bond motifs is 2. The van der Waals surface area contributed by atoms with Crippen LogP contribution in [0.5, 0.6) is 0 Å². The summed E-state index contributed by atoms with van der Waals surface area (Å²) in [6.45, 7) is 1.96. The van der Waals surface area contributed by atoms with Gasteiger partial charge < -0.3 is 20.8 Å². The van der Waals surface area contributed by atoms with E-state index in [4.69, 9.17) is 0 Å². The van der Waals surface area contributed by atoms with Gasteiger partial charge in [-0.3, -0.25) is 0 Å². The van der Waals surface area contributed by atoms with Gasteiger partial charge in [0.15, 0.2) is 0 Å². The zero-order chi connectivity index (χ0) is 22.9. The minimum absolute atomic E-state index is 0.202. The predicted molar refractivity (Wildman–Crippen MR) is 134 cm³/mol. The molecule has 5 aliphatic rings. The summed E-state index contributed by atoms with van der Waals surface area (Å²) in [5, 5.41) is 28.9. The average Bonchev–Trinajstić information content (AvgIpc) is 3.58. The lowest BCUT2D eigenvalue weighted by atomic mass is 9.81. The summed E-state index contributed by atoms with van der Waals surface area (Å²) in [5.41, 5.74) is -0.0724. The summed E-state index contributed by atoms with van der Waals surface area (Å²) in [4.78, 5) is 0. The van der Waals surface area contributed by atoms with E-state index in [2.05, 4.69) is 10.6 Å². The molecule has 33 heavy (non-hydrogen) atoms. The molecule has 4 nitrogen and oxygen atoms in total. The minimum Gasteiger partial charge on any atom is -0.388 e. The third kappa shape index (κ3) is 5.05. The van der Waals surface area contributed by atoms with Crippen LogP contribution in [-0.4, -0.2) is 40.0 Å². The number of rotatable bonds is 3. The van der Waals surface area contributed by atoms with Gasteiger partial charge in [0.05, 0.1) is 5.60 Å². The molecule has 0 amide bonds. The van der Waals surface area contributed by atoms with Gasteiger partial charge in [-0.15, -0.1) is 0 Å². The predicted octanol–water partition coefficient (Wildman–Crippen LogP) is 5.03. The lowest BCUT2D eigenvalue weighted by molar-refractivity contribution is 0.0122. The van der Waals surface area contributed by atoms with Crippen molar-refractivity contribution in [3.63, 3.8) is 0 Å². The Bertz CT molecular complexity index is 732. The van der Waals surface area contributed by atoms with Crippen molar-refractivity contribution in [3.8, 4) is 0 Å². The average molecular weight is 455 g/mol. The number of nitrogens with one attached hydrogen (secondary N) is 2. The zero-order valence-electron chi connectivity index (χ0n) is 20.6. The molecule has 2 heterocycles. The third-order valence-corrected chi connectivity index (χ3v) is 9.88. The molecule has 2 saturated heterocycles. The first-order valence-electron chi connectivity index (χ1n) is 14.0. The van der Waals surface area contributed by atoms with E-state index >= 15 is 0 Å². The molecule has 0 spiro atoms. The lowest BCUT2D eigenvalue weighted by Gasteiger charge is -2.31. The molecule has 2 aliphatic heterocycles. The molecule has 1 aromatic rings. The van der Waals surface area contributed by atoms with E-state index in [1.54, 1.807) is 0 Å². The maximum absolute atomic E-state index is 10.9. The summed E-state index contributed by atoms with van der Waals surface area (Å²) >= 11 is 0. The van der Waals surface area contributed by atoms with Gasteiger partial charge in [-0.1, -0.05) is 68.9 Å². The van der Waals surface area contributed by atoms with Crippen LogP contribution in [0.3, 0.4) is 0 Å². The molecule has 6 rings (SSSR count). The molecule has 7 atom stereocenters. The Morgan fingerprint density at radius 3 is 1.97 bits per heavy atom. The van der Waals surface area contributed by atoms with Crippen LogP contribution >= 0.6 is 0 Å². The second-order valence-corrected chi connectivity index (χ2v) is 12.0. The molecule has 4 heteroatoms. The quantitative estimate of drug-likeness (QED) is 0.517. The van der Waals surface area contributed by atoms with Crippen molar-refractivity contribution in [1.82, 2.24) is 10.6 Å². The van der Waals surface area contributed by atoms with E-state index in [0.717, 1.165) is 42.7 Å². The van der Waals surface area contributed by atoms with Crippen LogP contribution in [0.15, 0.2) is 30.3 Å². The monoisotopic (exact) mass is 454 g/mol. The van der Waals surface area contributed by atoms with E-state index < -0.39 is 5.60 Å². The molecule has 4 N–H and O–H groups in total. The molecule has 1 aromatic carbocycles. The number of aliphatic hydroxyl groups is 2. The number of hydrogen-bond acceptors (Lipinski definition) is 4. The van der Waals surface area contributed by atoms with Crippen LogP contribution in [0.2, 0.25) is 0 Å². The largest absolute Gasteiger partial charge is 0.388 e. The van der Waals surface area contributed by atoms with Crippen molar-refractivity contribution in [2.75, 3.05) is 0 Å². The Morgan fingerprint density at radius 2 is 1.36 bits per heavy atom. The summed E-state index contributed by atoms with van der Waals surface area (Å²) in [6.07, 6.45) is 17.7. The van der Waals surface area contributed by atoms with Crippen LogP contribution in [-0.2, 0) is 5.60 Å².